The number of benzene rings is 1. The Morgan fingerprint density at radius 3 is 2.67 bits per heavy atom. The van der Waals surface area contributed by atoms with E-state index in [0.29, 0.717) is 6.54 Å². The van der Waals surface area contributed by atoms with E-state index in [4.69, 9.17) is 5.73 Å². The second-order valence-electron chi connectivity index (χ2n) is 3.69. The SMILES string of the molecule is Cc1cc(CN)ccc1-c1ccnn1C. The summed E-state index contributed by atoms with van der Waals surface area (Å²) in [6.07, 6.45) is 1.81. The van der Waals surface area contributed by atoms with Gasteiger partial charge >= 0.3 is 0 Å². The largest absolute Gasteiger partial charge is 0.326 e. The van der Waals surface area contributed by atoms with Crippen LogP contribution in [0.4, 0.5) is 0 Å². The van der Waals surface area contributed by atoms with Gasteiger partial charge in [0.15, 0.2) is 0 Å². The fraction of sp³-hybridized carbons (Fsp3) is 0.250. The standard InChI is InChI=1S/C12H15N3/c1-9-7-10(8-13)3-4-11(9)12-5-6-14-15(12)2/h3-7H,8,13H2,1-2H3. The Balaban J connectivity index is 2.50. The first-order valence-electron chi connectivity index (χ1n) is 5.00. The molecule has 1 aromatic heterocycles. The van der Waals surface area contributed by atoms with Crippen molar-refractivity contribution in [2.75, 3.05) is 0 Å². The van der Waals surface area contributed by atoms with Crippen LogP contribution in [0.25, 0.3) is 11.3 Å². The molecule has 0 saturated carbocycles. The molecule has 0 bridgehead atoms. The zero-order chi connectivity index (χ0) is 10.8. The van der Waals surface area contributed by atoms with Gasteiger partial charge in [0.1, 0.15) is 0 Å². The maximum absolute atomic E-state index is 5.60. The summed E-state index contributed by atoms with van der Waals surface area (Å²) in [6.45, 7) is 2.69. The van der Waals surface area contributed by atoms with E-state index in [9.17, 15) is 0 Å². The molecule has 0 saturated heterocycles. The van der Waals surface area contributed by atoms with E-state index >= 15 is 0 Å². The second kappa shape index (κ2) is 3.87. The number of hydrogen-bond acceptors (Lipinski definition) is 2. The van der Waals surface area contributed by atoms with Crippen LogP contribution in [0.5, 0.6) is 0 Å². The Labute approximate surface area is 89.5 Å². The van der Waals surface area contributed by atoms with Crippen molar-refractivity contribution in [2.24, 2.45) is 12.8 Å². The quantitative estimate of drug-likeness (QED) is 0.806. The predicted octanol–water partition coefficient (Wildman–Crippen LogP) is 1.85. The third kappa shape index (κ3) is 1.78. The van der Waals surface area contributed by atoms with Crippen LogP contribution in [-0.4, -0.2) is 9.78 Å². The molecule has 0 unspecified atom stereocenters. The molecule has 0 spiro atoms. The highest BCUT2D eigenvalue weighted by molar-refractivity contribution is 5.64. The number of nitrogens with zero attached hydrogens (tertiary/aromatic N) is 2. The normalized spacial score (nSPS) is 10.6. The van der Waals surface area contributed by atoms with Gasteiger partial charge in [0.2, 0.25) is 0 Å². The molecular weight excluding hydrogens is 186 g/mol. The molecule has 78 valence electrons. The molecule has 1 aromatic carbocycles. The van der Waals surface area contributed by atoms with Gasteiger partial charge < -0.3 is 5.73 Å². The molecule has 0 radical (unpaired) electrons. The van der Waals surface area contributed by atoms with Crippen LogP contribution >= 0.6 is 0 Å². The van der Waals surface area contributed by atoms with Crippen LogP contribution in [0.2, 0.25) is 0 Å². The minimum absolute atomic E-state index is 0.590. The molecule has 0 aliphatic carbocycles. The molecule has 0 atom stereocenters. The van der Waals surface area contributed by atoms with Crippen molar-refractivity contribution in [3.05, 3.63) is 41.6 Å². The zero-order valence-electron chi connectivity index (χ0n) is 9.07. The van der Waals surface area contributed by atoms with Gasteiger partial charge in [0.05, 0.1) is 5.69 Å². The Morgan fingerprint density at radius 1 is 1.33 bits per heavy atom. The third-order valence-electron chi connectivity index (χ3n) is 2.62. The molecule has 0 aliphatic heterocycles. The first kappa shape index (κ1) is 9.93. The lowest BCUT2D eigenvalue weighted by atomic mass is 10.0. The average Bonchev–Trinajstić information content (AvgIpc) is 2.64. The molecule has 2 aromatic rings. The zero-order valence-corrected chi connectivity index (χ0v) is 9.07. The molecule has 2 rings (SSSR count). The van der Waals surface area contributed by atoms with E-state index in [1.54, 1.807) is 0 Å². The number of rotatable bonds is 2. The highest BCUT2D eigenvalue weighted by Gasteiger charge is 2.05. The summed E-state index contributed by atoms with van der Waals surface area (Å²) in [5.74, 6) is 0. The van der Waals surface area contributed by atoms with Gasteiger partial charge in [0.25, 0.3) is 0 Å². The van der Waals surface area contributed by atoms with E-state index in [0.717, 1.165) is 5.69 Å². The maximum atomic E-state index is 5.60. The van der Waals surface area contributed by atoms with Crippen molar-refractivity contribution in [3.8, 4) is 11.3 Å². The lowest BCUT2D eigenvalue weighted by molar-refractivity contribution is 0.775. The molecule has 3 heteroatoms. The van der Waals surface area contributed by atoms with Crippen LogP contribution in [0.3, 0.4) is 0 Å². The van der Waals surface area contributed by atoms with Crippen molar-refractivity contribution < 1.29 is 0 Å². The first-order valence-corrected chi connectivity index (χ1v) is 5.00. The van der Waals surface area contributed by atoms with Crippen LogP contribution < -0.4 is 5.73 Å². The number of hydrogen-bond donors (Lipinski definition) is 1. The number of aryl methyl sites for hydroxylation is 2. The first-order chi connectivity index (χ1) is 7.22. The topological polar surface area (TPSA) is 43.8 Å². The van der Waals surface area contributed by atoms with Crippen molar-refractivity contribution >= 4 is 0 Å². The molecule has 1 heterocycles. The minimum atomic E-state index is 0.590. The Bertz CT molecular complexity index is 471. The number of aromatic nitrogens is 2. The summed E-state index contributed by atoms with van der Waals surface area (Å²) >= 11 is 0. The number of nitrogens with two attached hydrogens (primary N) is 1. The molecule has 0 amide bonds. The molecule has 0 aliphatic rings. The summed E-state index contributed by atoms with van der Waals surface area (Å²) < 4.78 is 1.88. The van der Waals surface area contributed by atoms with E-state index in [1.165, 1.54) is 16.7 Å². The van der Waals surface area contributed by atoms with Gasteiger partial charge in [-0.2, -0.15) is 5.10 Å². The van der Waals surface area contributed by atoms with Gasteiger partial charge in [-0.05, 0) is 24.1 Å². The Morgan fingerprint density at radius 2 is 2.13 bits per heavy atom. The molecule has 15 heavy (non-hydrogen) atoms. The van der Waals surface area contributed by atoms with E-state index < -0.39 is 0 Å². The van der Waals surface area contributed by atoms with E-state index in [1.807, 2.05) is 24.0 Å². The minimum Gasteiger partial charge on any atom is -0.326 e. The highest BCUT2D eigenvalue weighted by Crippen LogP contribution is 2.23. The van der Waals surface area contributed by atoms with Gasteiger partial charge in [-0.25, -0.2) is 0 Å². The van der Waals surface area contributed by atoms with Gasteiger partial charge in [-0.15, -0.1) is 0 Å². The molecule has 3 nitrogen and oxygen atoms in total. The molecule has 0 fully saturated rings. The Hall–Kier alpha value is -1.61. The van der Waals surface area contributed by atoms with Crippen molar-refractivity contribution in [2.45, 2.75) is 13.5 Å². The van der Waals surface area contributed by atoms with Crippen LogP contribution in [-0.2, 0) is 13.6 Å². The summed E-state index contributed by atoms with van der Waals surface area (Å²) in [4.78, 5) is 0. The van der Waals surface area contributed by atoms with Crippen molar-refractivity contribution in [1.82, 2.24) is 9.78 Å². The fourth-order valence-corrected chi connectivity index (χ4v) is 1.78. The van der Waals surface area contributed by atoms with Crippen molar-refractivity contribution in [3.63, 3.8) is 0 Å². The Kier molecular flexibility index (Phi) is 2.56. The van der Waals surface area contributed by atoms with E-state index in [2.05, 4.69) is 30.2 Å². The monoisotopic (exact) mass is 201 g/mol. The summed E-state index contributed by atoms with van der Waals surface area (Å²) in [7, 11) is 1.95. The van der Waals surface area contributed by atoms with Crippen LogP contribution in [0.15, 0.2) is 30.5 Å². The van der Waals surface area contributed by atoms with Crippen LogP contribution in [0.1, 0.15) is 11.1 Å². The highest BCUT2D eigenvalue weighted by atomic mass is 15.3. The smallest absolute Gasteiger partial charge is 0.0681 e. The van der Waals surface area contributed by atoms with Crippen molar-refractivity contribution in [1.29, 1.82) is 0 Å². The van der Waals surface area contributed by atoms with Gasteiger partial charge in [-0.3, -0.25) is 4.68 Å². The fourth-order valence-electron chi connectivity index (χ4n) is 1.78. The average molecular weight is 201 g/mol. The summed E-state index contributed by atoms with van der Waals surface area (Å²) in [6, 6.07) is 8.32. The molecular formula is C12H15N3. The summed E-state index contributed by atoms with van der Waals surface area (Å²) in [5, 5.41) is 4.17. The molecule has 2 N–H and O–H groups in total. The van der Waals surface area contributed by atoms with Gasteiger partial charge in [-0.1, -0.05) is 18.2 Å². The summed E-state index contributed by atoms with van der Waals surface area (Å²) in [5.41, 5.74) is 10.4. The third-order valence-corrected chi connectivity index (χ3v) is 2.62. The van der Waals surface area contributed by atoms with Crippen LogP contribution in [0, 0.1) is 6.92 Å². The predicted molar refractivity (Wildman–Crippen MR) is 61.3 cm³/mol. The lowest BCUT2D eigenvalue weighted by Crippen LogP contribution is -1.99. The lowest BCUT2D eigenvalue weighted by Gasteiger charge is -2.07. The van der Waals surface area contributed by atoms with Gasteiger partial charge in [0, 0.05) is 25.4 Å². The maximum Gasteiger partial charge on any atom is 0.0681 e. The second-order valence-corrected chi connectivity index (χ2v) is 3.69. The van der Waals surface area contributed by atoms with E-state index in [-0.39, 0.29) is 0 Å².